The highest BCUT2D eigenvalue weighted by atomic mass is 35.5. The second kappa shape index (κ2) is 11.6. The first-order valence-corrected chi connectivity index (χ1v) is 10.5. The van der Waals surface area contributed by atoms with Gasteiger partial charge in [-0.25, -0.2) is 0 Å². The van der Waals surface area contributed by atoms with Crippen molar-refractivity contribution in [2.24, 2.45) is 0 Å². The van der Waals surface area contributed by atoms with E-state index in [1.165, 1.54) is 7.11 Å². The van der Waals surface area contributed by atoms with Gasteiger partial charge in [0.2, 0.25) is 29.1 Å². The summed E-state index contributed by atoms with van der Waals surface area (Å²) in [6.45, 7) is 17.6. The van der Waals surface area contributed by atoms with Crippen LogP contribution in [0, 0.1) is 0 Å². The largest absolute Gasteiger partial charge is 0.467 e. The van der Waals surface area contributed by atoms with Crippen LogP contribution in [0.4, 0.5) is 23.8 Å². The number of ether oxygens (including phenoxy) is 1. The molecule has 0 spiro atoms. The summed E-state index contributed by atoms with van der Waals surface area (Å²) in [6.07, 6.45) is 0. The molecule has 4 N–H and O–H groups in total. The number of nitrogens with zero attached hydrogens (tertiary/aromatic N) is 6. The Hall–Kier alpha value is -2.69. The van der Waals surface area contributed by atoms with Gasteiger partial charge in [0.1, 0.15) is 0 Å². The molecule has 0 atom stereocenters. The summed E-state index contributed by atoms with van der Waals surface area (Å²) in [7, 11) is 1.53. The van der Waals surface area contributed by atoms with Crippen molar-refractivity contribution >= 4 is 35.4 Å². The molecule has 2 heterocycles. The van der Waals surface area contributed by atoms with Crippen LogP contribution in [0.3, 0.4) is 0 Å². The highest BCUT2D eigenvalue weighted by molar-refractivity contribution is 6.28. The molecule has 2 aromatic rings. The first-order chi connectivity index (χ1) is 14.3. The van der Waals surface area contributed by atoms with Gasteiger partial charge in [-0.15, -0.1) is 0 Å². The van der Waals surface area contributed by atoms with E-state index in [0.29, 0.717) is 29.8 Å². The summed E-state index contributed by atoms with van der Waals surface area (Å²) in [5.41, 5.74) is -0.204. The lowest BCUT2D eigenvalue weighted by atomic mass is 10.1. The SMILES string of the molecule is CCNc1nc(Cl)nc(NC(C)(C)C)n1.CCNc1nc(NC(C)(C)C)nc(OC)n1. The van der Waals surface area contributed by atoms with E-state index in [-0.39, 0.29) is 16.4 Å². The highest BCUT2D eigenvalue weighted by Gasteiger charge is 2.14. The number of aromatic nitrogens is 6. The molecule has 0 bridgehead atoms. The van der Waals surface area contributed by atoms with Gasteiger partial charge in [-0.3, -0.25) is 0 Å². The Morgan fingerprint density at radius 2 is 1.06 bits per heavy atom. The molecule has 174 valence electrons. The van der Waals surface area contributed by atoms with Gasteiger partial charge in [0, 0.05) is 24.2 Å². The van der Waals surface area contributed by atoms with E-state index in [1.807, 2.05) is 55.4 Å². The van der Waals surface area contributed by atoms with Crippen molar-refractivity contribution < 1.29 is 4.74 Å². The maximum atomic E-state index is 5.77. The number of hydrogen-bond donors (Lipinski definition) is 4. The van der Waals surface area contributed by atoms with Gasteiger partial charge in [-0.2, -0.15) is 29.9 Å². The number of hydrogen-bond acceptors (Lipinski definition) is 11. The molecule has 0 aliphatic heterocycles. The van der Waals surface area contributed by atoms with Crippen LogP contribution in [0.25, 0.3) is 0 Å². The van der Waals surface area contributed by atoms with Crippen molar-refractivity contribution in [2.45, 2.75) is 66.5 Å². The van der Waals surface area contributed by atoms with Crippen LogP contribution in [0.5, 0.6) is 6.01 Å². The van der Waals surface area contributed by atoms with E-state index < -0.39 is 0 Å². The first kappa shape index (κ1) is 26.3. The number of halogens is 1. The maximum absolute atomic E-state index is 5.77. The monoisotopic (exact) mass is 454 g/mol. The van der Waals surface area contributed by atoms with Crippen molar-refractivity contribution in [1.29, 1.82) is 0 Å². The minimum atomic E-state index is -0.103. The maximum Gasteiger partial charge on any atom is 0.322 e. The summed E-state index contributed by atoms with van der Waals surface area (Å²) < 4.78 is 5.01. The average molecular weight is 455 g/mol. The predicted molar refractivity (Wildman–Crippen MR) is 126 cm³/mol. The van der Waals surface area contributed by atoms with E-state index in [1.54, 1.807) is 0 Å². The van der Waals surface area contributed by atoms with Crippen LogP contribution in [-0.2, 0) is 0 Å². The second-order valence-electron chi connectivity index (χ2n) is 8.53. The van der Waals surface area contributed by atoms with Gasteiger partial charge in [0.25, 0.3) is 0 Å². The lowest BCUT2D eigenvalue weighted by molar-refractivity contribution is 0.379. The van der Waals surface area contributed by atoms with Crippen molar-refractivity contribution in [3.05, 3.63) is 5.28 Å². The molecule has 0 fully saturated rings. The van der Waals surface area contributed by atoms with Crippen LogP contribution in [0.2, 0.25) is 5.28 Å². The zero-order valence-electron chi connectivity index (χ0n) is 19.9. The average Bonchev–Trinajstić information content (AvgIpc) is 2.59. The van der Waals surface area contributed by atoms with Crippen LogP contribution in [0.15, 0.2) is 0 Å². The zero-order valence-corrected chi connectivity index (χ0v) is 20.6. The molecule has 2 rings (SSSR count). The lowest BCUT2D eigenvalue weighted by Gasteiger charge is -2.20. The molecule has 12 heteroatoms. The summed E-state index contributed by atoms with van der Waals surface area (Å²) in [4.78, 5) is 24.6. The van der Waals surface area contributed by atoms with Crippen LogP contribution in [-0.4, -0.2) is 61.2 Å². The Labute approximate surface area is 189 Å². The van der Waals surface area contributed by atoms with Gasteiger partial charge >= 0.3 is 6.01 Å². The molecular formula is C19H35ClN10O. The number of nitrogens with one attached hydrogen (secondary N) is 4. The fourth-order valence-electron chi connectivity index (χ4n) is 2.05. The molecule has 0 aliphatic carbocycles. The van der Waals surface area contributed by atoms with Crippen molar-refractivity contribution in [1.82, 2.24) is 29.9 Å². The summed E-state index contributed by atoms with van der Waals surface area (Å²) in [6, 6.07) is 0.303. The Balaban J connectivity index is 0.000000311. The van der Waals surface area contributed by atoms with Crippen molar-refractivity contribution in [3.63, 3.8) is 0 Å². The normalized spacial score (nSPS) is 11.2. The Morgan fingerprint density at radius 3 is 1.48 bits per heavy atom. The third kappa shape index (κ3) is 11.3. The van der Waals surface area contributed by atoms with Crippen molar-refractivity contribution in [2.75, 3.05) is 41.5 Å². The van der Waals surface area contributed by atoms with E-state index in [4.69, 9.17) is 16.3 Å². The fraction of sp³-hybridized carbons (Fsp3) is 0.684. The third-order valence-electron chi connectivity index (χ3n) is 3.05. The Bertz CT molecular complexity index is 820. The molecule has 0 aromatic carbocycles. The topological polar surface area (TPSA) is 135 Å². The molecule has 11 nitrogen and oxygen atoms in total. The van der Waals surface area contributed by atoms with Gasteiger partial charge in [0.05, 0.1) is 7.11 Å². The van der Waals surface area contributed by atoms with Gasteiger partial charge in [0.15, 0.2) is 0 Å². The molecule has 0 aliphatic rings. The van der Waals surface area contributed by atoms with E-state index in [2.05, 4.69) is 51.2 Å². The third-order valence-corrected chi connectivity index (χ3v) is 3.22. The number of methoxy groups -OCH3 is 1. The molecule has 0 radical (unpaired) electrons. The summed E-state index contributed by atoms with van der Waals surface area (Å²) in [5, 5.41) is 12.5. The van der Waals surface area contributed by atoms with Crippen LogP contribution >= 0.6 is 11.6 Å². The Morgan fingerprint density at radius 1 is 0.677 bits per heavy atom. The molecule has 31 heavy (non-hydrogen) atoms. The minimum Gasteiger partial charge on any atom is -0.467 e. The fourth-order valence-corrected chi connectivity index (χ4v) is 2.21. The number of anilines is 4. The molecule has 0 unspecified atom stereocenters. The lowest BCUT2D eigenvalue weighted by Crippen LogP contribution is -2.27. The van der Waals surface area contributed by atoms with Crippen LogP contribution in [0.1, 0.15) is 55.4 Å². The molecule has 0 saturated heterocycles. The molecule has 2 aromatic heterocycles. The summed E-state index contributed by atoms with van der Waals surface area (Å²) in [5.74, 6) is 2.00. The van der Waals surface area contributed by atoms with E-state index in [9.17, 15) is 0 Å². The molecular weight excluding hydrogens is 420 g/mol. The quantitative estimate of drug-likeness (QED) is 0.487. The van der Waals surface area contributed by atoms with E-state index >= 15 is 0 Å². The predicted octanol–water partition coefficient (Wildman–Crippen LogP) is 3.69. The highest BCUT2D eigenvalue weighted by Crippen LogP contribution is 2.15. The van der Waals surface area contributed by atoms with E-state index in [0.717, 1.165) is 13.1 Å². The molecule has 0 saturated carbocycles. The van der Waals surface area contributed by atoms with Gasteiger partial charge in [-0.1, -0.05) is 0 Å². The van der Waals surface area contributed by atoms with Crippen molar-refractivity contribution in [3.8, 4) is 6.01 Å². The second-order valence-corrected chi connectivity index (χ2v) is 8.87. The van der Waals surface area contributed by atoms with Gasteiger partial charge < -0.3 is 26.0 Å². The molecule has 0 amide bonds. The standard InChI is InChI=1S/C10H19N5O.C9H16ClN5/c1-6-11-7-12-8(15-10(2,3)4)14-9(13-7)16-5;1-5-11-7-12-6(10)13-8(14-7)15-9(2,3)4/h6H2,1-5H3,(H2,11,12,13,14,15);5H2,1-4H3,(H2,11,12,13,14,15). The Kier molecular flexibility index (Phi) is 9.89. The number of rotatable bonds is 7. The zero-order chi connectivity index (χ0) is 23.7. The van der Waals surface area contributed by atoms with Gasteiger partial charge in [-0.05, 0) is 67.0 Å². The van der Waals surface area contributed by atoms with Crippen LogP contribution < -0.4 is 26.0 Å². The summed E-state index contributed by atoms with van der Waals surface area (Å²) >= 11 is 5.77. The minimum absolute atomic E-state index is 0.101. The smallest absolute Gasteiger partial charge is 0.322 e. The first-order valence-electron chi connectivity index (χ1n) is 10.1.